The molecule has 19 heavy (non-hydrogen) atoms. The number of carbonyl (C=O) groups is 1. The lowest BCUT2D eigenvalue weighted by Crippen LogP contribution is -2.18. The number of Topliss-reactive ketones (excluding diaryl/α,β-unsaturated/α-hetero) is 1. The smallest absolute Gasteiger partial charge is 0.213 e. The molecule has 1 aromatic carbocycles. The molecule has 0 saturated carbocycles. The Balaban J connectivity index is 2.16. The first kappa shape index (κ1) is 13.8. The Labute approximate surface area is 112 Å². The Morgan fingerprint density at radius 2 is 2.00 bits per heavy atom. The Kier molecular flexibility index (Phi) is 4.04. The second-order valence-corrected chi connectivity index (χ2v) is 6.70. The summed E-state index contributed by atoms with van der Waals surface area (Å²) < 4.78 is 28.8. The van der Waals surface area contributed by atoms with Gasteiger partial charge in [-0.2, -0.15) is 0 Å². The Morgan fingerprint density at radius 3 is 2.68 bits per heavy atom. The summed E-state index contributed by atoms with van der Waals surface area (Å²) in [7, 11) is -3.34. The highest BCUT2D eigenvalue weighted by Crippen LogP contribution is 2.19. The van der Waals surface area contributed by atoms with Gasteiger partial charge in [-0.05, 0) is 18.6 Å². The number of unbranched alkanes of at least 4 members (excludes halogenated alkanes) is 1. The van der Waals surface area contributed by atoms with Gasteiger partial charge >= 0.3 is 0 Å². The molecular weight excluding hydrogens is 264 g/mol. The predicted molar refractivity (Wildman–Crippen MR) is 74.1 cm³/mol. The average molecular weight is 280 g/mol. The molecule has 0 N–H and O–H groups in total. The number of rotatable bonds is 6. The Morgan fingerprint density at radius 1 is 1.26 bits per heavy atom. The fourth-order valence-corrected chi connectivity index (χ4v) is 3.24. The van der Waals surface area contributed by atoms with Crippen LogP contribution in [0.4, 0.5) is 0 Å². The van der Waals surface area contributed by atoms with E-state index in [2.05, 4.69) is 0 Å². The van der Waals surface area contributed by atoms with Gasteiger partial charge < -0.3 is 4.42 Å². The first-order chi connectivity index (χ1) is 9.02. The molecule has 0 fully saturated rings. The number of furan rings is 1. The van der Waals surface area contributed by atoms with Crippen LogP contribution in [0.3, 0.4) is 0 Å². The molecule has 1 heterocycles. The van der Waals surface area contributed by atoms with Gasteiger partial charge in [-0.1, -0.05) is 31.5 Å². The van der Waals surface area contributed by atoms with E-state index in [9.17, 15) is 13.2 Å². The number of benzene rings is 1. The van der Waals surface area contributed by atoms with E-state index in [4.69, 9.17) is 4.42 Å². The van der Waals surface area contributed by atoms with Crippen molar-refractivity contribution in [3.05, 3.63) is 36.1 Å². The van der Waals surface area contributed by atoms with Gasteiger partial charge in [0.15, 0.2) is 15.6 Å². The van der Waals surface area contributed by atoms with Crippen LogP contribution in [0.25, 0.3) is 11.0 Å². The number of sulfone groups is 1. The lowest BCUT2D eigenvalue weighted by atomic mass is 10.2. The van der Waals surface area contributed by atoms with Gasteiger partial charge in [0.1, 0.15) is 11.3 Å². The van der Waals surface area contributed by atoms with Crippen molar-refractivity contribution in [2.75, 3.05) is 11.5 Å². The molecule has 0 aliphatic heterocycles. The van der Waals surface area contributed by atoms with Crippen molar-refractivity contribution in [1.82, 2.24) is 0 Å². The summed E-state index contributed by atoms with van der Waals surface area (Å²) in [6.45, 7) is 1.91. The summed E-state index contributed by atoms with van der Waals surface area (Å²) in [6.07, 6.45) is 1.37. The lowest BCUT2D eigenvalue weighted by molar-refractivity contribution is 0.0992. The Bertz CT molecular complexity index is 649. The van der Waals surface area contributed by atoms with E-state index in [1.807, 2.05) is 19.1 Å². The summed E-state index contributed by atoms with van der Waals surface area (Å²) >= 11 is 0. The SMILES string of the molecule is CCCCS(=O)(=O)CC(=O)c1cc2ccccc2o1. The fourth-order valence-electron chi connectivity index (χ4n) is 1.83. The van der Waals surface area contributed by atoms with Gasteiger partial charge in [0, 0.05) is 5.39 Å². The van der Waals surface area contributed by atoms with Crippen LogP contribution in [0, 0.1) is 0 Å². The van der Waals surface area contributed by atoms with Crippen molar-refractivity contribution in [1.29, 1.82) is 0 Å². The van der Waals surface area contributed by atoms with E-state index in [-0.39, 0.29) is 11.5 Å². The van der Waals surface area contributed by atoms with Crippen LogP contribution in [0.2, 0.25) is 0 Å². The van der Waals surface area contributed by atoms with Crippen LogP contribution in [-0.4, -0.2) is 25.7 Å². The number of para-hydroxylation sites is 1. The van der Waals surface area contributed by atoms with Crippen molar-refractivity contribution in [2.24, 2.45) is 0 Å². The molecule has 0 aliphatic carbocycles. The molecule has 5 heteroatoms. The maximum atomic E-state index is 11.9. The highest BCUT2D eigenvalue weighted by atomic mass is 32.2. The molecule has 2 rings (SSSR count). The minimum atomic E-state index is -3.34. The minimum Gasteiger partial charge on any atom is -0.453 e. The third kappa shape index (κ3) is 3.44. The molecule has 0 amide bonds. The minimum absolute atomic E-state index is 0.0511. The van der Waals surface area contributed by atoms with E-state index in [1.165, 1.54) is 0 Å². The first-order valence-electron chi connectivity index (χ1n) is 6.24. The molecule has 4 nitrogen and oxygen atoms in total. The molecule has 0 radical (unpaired) electrons. The average Bonchev–Trinajstić information content (AvgIpc) is 2.80. The number of ketones is 1. The summed E-state index contributed by atoms with van der Waals surface area (Å²) in [4.78, 5) is 11.9. The van der Waals surface area contributed by atoms with Gasteiger partial charge in [0.25, 0.3) is 0 Å². The van der Waals surface area contributed by atoms with E-state index in [0.29, 0.717) is 12.0 Å². The number of hydrogen-bond acceptors (Lipinski definition) is 4. The third-order valence-electron chi connectivity index (χ3n) is 2.86. The molecule has 102 valence electrons. The number of fused-ring (bicyclic) bond motifs is 1. The molecule has 0 atom stereocenters. The first-order valence-corrected chi connectivity index (χ1v) is 8.06. The topological polar surface area (TPSA) is 64.3 Å². The standard InChI is InChI=1S/C14H16O4S/c1-2-3-8-19(16,17)10-12(15)14-9-11-6-4-5-7-13(11)18-14/h4-7,9H,2-3,8,10H2,1H3. The predicted octanol–water partition coefficient (Wildman–Crippen LogP) is 2.83. The third-order valence-corrected chi connectivity index (χ3v) is 4.47. The summed E-state index contributed by atoms with van der Waals surface area (Å²) in [5, 5.41) is 0.803. The van der Waals surface area contributed by atoms with Gasteiger partial charge in [-0.15, -0.1) is 0 Å². The van der Waals surface area contributed by atoms with E-state index in [1.54, 1.807) is 18.2 Å². The van der Waals surface area contributed by atoms with Gasteiger partial charge in [-0.25, -0.2) is 8.42 Å². The quantitative estimate of drug-likeness (QED) is 0.763. The lowest BCUT2D eigenvalue weighted by Gasteiger charge is -2.00. The normalized spacial score (nSPS) is 11.8. The zero-order valence-electron chi connectivity index (χ0n) is 10.8. The van der Waals surface area contributed by atoms with Crippen molar-refractivity contribution in [3.8, 4) is 0 Å². The van der Waals surface area contributed by atoms with Crippen LogP contribution >= 0.6 is 0 Å². The molecule has 2 aromatic rings. The maximum Gasteiger partial charge on any atom is 0.213 e. The molecule has 0 saturated heterocycles. The van der Waals surface area contributed by atoms with E-state index >= 15 is 0 Å². The van der Waals surface area contributed by atoms with Crippen LogP contribution in [0.5, 0.6) is 0 Å². The maximum absolute atomic E-state index is 11.9. The van der Waals surface area contributed by atoms with Crippen molar-refractivity contribution in [2.45, 2.75) is 19.8 Å². The Hall–Kier alpha value is -1.62. The van der Waals surface area contributed by atoms with Crippen LogP contribution < -0.4 is 0 Å². The highest BCUT2D eigenvalue weighted by Gasteiger charge is 2.20. The van der Waals surface area contributed by atoms with E-state index in [0.717, 1.165) is 11.8 Å². The fraction of sp³-hybridized carbons (Fsp3) is 0.357. The second kappa shape index (κ2) is 5.57. The number of carbonyl (C=O) groups excluding carboxylic acids is 1. The summed E-state index contributed by atoms with van der Waals surface area (Å²) in [5.74, 6) is -0.795. The molecule has 1 aromatic heterocycles. The van der Waals surface area contributed by atoms with Crippen LogP contribution in [-0.2, 0) is 9.84 Å². The van der Waals surface area contributed by atoms with Crippen LogP contribution in [0.15, 0.2) is 34.7 Å². The summed E-state index contributed by atoms with van der Waals surface area (Å²) in [6, 6.07) is 8.80. The molecule has 0 aliphatic rings. The van der Waals surface area contributed by atoms with E-state index < -0.39 is 21.4 Å². The van der Waals surface area contributed by atoms with Gasteiger partial charge in [-0.3, -0.25) is 4.79 Å². The highest BCUT2D eigenvalue weighted by molar-refractivity contribution is 7.92. The van der Waals surface area contributed by atoms with Crippen molar-refractivity contribution in [3.63, 3.8) is 0 Å². The zero-order valence-corrected chi connectivity index (χ0v) is 11.6. The monoisotopic (exact) mass is 280 g/mol. The molecule has 0 unspecified atom stereocenters. The second-order valence-electron chi connectivity index (χ2n) is 4.52. The van der Waals surface area contributed by atoms with Crippen molar-refractivity contribution < 1.29 is 17.6 Å². The number of hydrogen-bond donors (Lipinski definition) is 0. The van der Waals surface area contributed by atoms with Crippen LogP contribution in [0.1, 0.15) is 30.3 Å². The largest absolute Gasteiger partial charge is 0.453 e. The summed E-state index contributed by atoms with van der Waals surface area (Å²) in [5.41, 5.74) is 0.594. The molecule has 0 spiro atoms. The van der Waals surface area contributed by atoms with Gasteiger partial charge in [0.05, 0.1) is 5.75 Å². The zero-order chi connectivity index (χ0) is 13.9. The van der Waals surface area contributed by atoms with Gasteiger partial charge in [0.2, 0.25) is 5.78 Å². The molecular formula is C14H16O4S. The van der Waals surface area contributed by atoms with Crippen molar-refractivity contribution >= 4 is 26.6 Å². The molecule has 0 bridgehead atoms.